The van der Waals surface area contributed by atoms with Crippen LogP contribution in [-0.4, -0.2) is 45.5 Å². The van der Waals surface area contributed by atoms with Crippen LogP contribution in [0.25, 0.3) is 33.1 Å². The summed E-state index contributed by atoms with van der Waals surface area (Å²) < 4.78 is 2.03. The van der Waals surface area contributed by atoms with Gasteiger partial charge in [0.25, 0.3) is 0 Å². The van der Waals surface area contributed by atoms with Gasteiger partial charge in [-0.1, -0.05) is 49.7 Å². The van der Waals surface area contributed by atoms with Gasteiger partial charge < -0.3 is 19.6 Å². The summed E-state index contributed by atoms with van der Waals surface area (Å²) in [6.07, 6.45) is 8.67. The molecule has 0 aliphatic heterocycles. The SMILES string of the molecule is CN(C)C(=O)Cn1c(-c2ccc3n[c-]ccc3c2)c(C2CCCCC2)c2ccc(C(=O)O)cc21.[Y]. The fraction of sp³-hybridized carbons (Fsp3) is 0.321. The normalized spacial score (nSPS) is 14.1. The third kappa shape index (κ3) is 4.92. The van der Waals surface area contributed by atoms with E-state index in [1.165, 1.54) is 24.8 Å². The van der Waals surface area contributed by atoms with Crippen LogP contribution >= 0.6 is 0 Å². The van der Waals surface area contributed by atoms with Gasteiger partial charge in [0.2, 0.25) is 5.91 Å². The summed E-state index contributed by atoms with van der Waals surface area (Å²) >= 11 is 0. The molecule has 5 rings (SSSR count). The molecule has 4 aromatic rings. The zero-order valence-corrected chi connectivity index (χ0v) is 23.0. The molecular formula is C28H28N3O3Y-. The molecule has 7 heteroatoms. The van der Waals surface area contributed by atoms with Gasteiger partial charge in [-0.25, -0.2) is 4.79 Å². The smallest absolute Gasteiger partial charge is 0.335 e. The molecule has 0 saturated heterocycles. The van der Waals surface area contributed by atoms with Gasteiger partial charge in [0.05, 0.1) is 16.8 Å². The maximum Gasteiger partial charge on any atom is 0.335 e. The van der Waals surface area contributed by atoms with Crippen LogP contribution in [0.4, 0.5) is 0 Å². The molecule has 1 aliphatic carbocycles. The number of amides is 1. The van der Waals surface area contributed by atoms with Gasteiger partial charge in [-0.05, 0) is 47.5 Å². The van der Waals surface area contributed by atoms with Crippen molar-refractivity contribution < 1.29 is 47.4 Å². The number of carboxylic acid groups (broad SMARTS) is 1. The molecule has 0 spiro atoms. The molecule has 6 nitrogen and oxygen atoms in total. The molecule has 0 bridgehead atoms. The van der Waals surface area contributed by atoms with Crippen molar-refractivity contribution in [3.05, 3.63) is 65.9 Å². The van der Waals surface area contributed by atoms with E-state index in [1.807, 2.05) is 22.8 Å². The predicted molar refractivity (Wildman–Crippen MR) is 133 cm³/mol. The Morgan fingerprint density at radius 3 is 2.57 bits per heavy atom. The first-order valence-electron chi connectivity index (χ1n) is 11.8. The van der Waals surface area contributed by atoms with Crippen LogP contribution in [0.15, 0.2) is 48.5 Å². The van der Waals surface area contributed by atoms with E-state index in [-0.39, 0.29) is 50.7 Å². The Morgan fingerprint density at radius 1 is 1.09 bits per heavy atom. The van der Waals surface area contributed by atoms with Gasteiger partial charge in [0.15, 0.2) is 0 Å². The third-order valence-electron chi connectivity index (χ3n) is 6.98. The second-order valence-electron chi connectivity index (χ2n) is 9.36. The van der Waals surface area contributed by atoms with Crippen molar-refractivity contribution in [2.45, 2.75) is 44.6 Å². The number of carbonyl (C=O) groups excluding carboxylic acids is 1. The average molecular weight is 543 g/mol. The van der Waals surface area contributed by atoms with Crippen LogP contribution in [0.3, 0.4) is 0 Å². The van der Waals surface area contributed by atoms with Crippen molar-refractivity contribution in [1.82, 2.24) is 14.5 Å². The standard InChI is InChI=1S/C28H28N3O3.Y/c1-30(2)25(32)17-31-24-16-21(28(33)34)10-12-22(24)26(18-7-4-3-5-8-18)27(31)20-11-13-23-19(15-20)9-6-14-29-23;/h6,9-13,15-16,18H,3-5,7-8,17H2,1-2H3,(H,33,34);/q-1;. The largest absolute Gasteiger partial charge is 0.478 e. The number of rotatable bonds is 5. The van der Waals surface area contributed by atoms with Gasteiger partial charge in [-0.15, -0.1) is 5.39 Å². The molecule has 1 aliphatic rings. The van der Waals surface area contributed by atoms with Gasteiger partial charge >= 0.3 is 5.97 Å². The Bertz CT molecular complexity index is 1400. The van der Waals surface area contributed by atoms with Crippen LogP contribution in [0.2, 0.25) is 0 Å². The summed E-state index contributed by atoms with van der Waals surface area (Å²) in [5.74, 6) is -0.635. The van der Waals surface area contributed by atoms with Crippen LogP contribution in [0.1, 0.15) is 53.9 Å². The molecule has 35 heavy (non-hydrogen) atoms. The van der Waals surface area contributed by atoms with E-state index in [2.05, 4.69) is 23.3 Å². The Morgan fingerprint density at radius 2 is 1.86 bits per heavy atom. The second-order valence-corrected chi connectivity index (χ2v) is 9.36. The Kier molecular flexibility index (Phi) is 7.72. The van der Waals surface area contributed by atoms with Crippen molar-refractivity contribution in [3.8, 4) is 11.3 Å². The topological polar surface area (TPSA) is 75.4 Å². The van der Waals surface area contributed by atoms with Crippen LogP contribution in [-0.2, 0) is 44.0 Å². The molecule has 1 N–H and O–H groups in total. The fourth-order valence-electron chi connectivity index (χ4n) is 5.24. The van der Waals surface area contributed by atoms with E-state index in [9.17, 15) is 14.7 Å². The molecule has 1 saturated carbocycles. The van der Waals surface area contributed by atoms with Gasteiger partial charge in [0, 0.05) is 52.2 Å². The number of fused-ring (bicyclic) bond motifs is 2. The van der Waals surface area contributed by atoms with Gasteiger partial charge in [0.1, 0.15) is 6.54 Å². The number of hydrogen-bond acceptors (Lipinski definition) is 3. The summed E-state index contributed by atoms with van der Waals surface area (Å²) in [6.45, 7) is 0.146. The average Bonchev–Trinajstić information content (AvgIpc) is 3.17. The monoisotopic (exact) mass is 543 g/mol. The van der Waals surface area contributed by atoms with Crippen molar-refractivity contribution in [3.63, 3.8) is 0 Å². The van der Waals surface area contributed by atoms with Crippen LogP contribution < -0.4 is 0 Å². The second kappa shape index (κ2) is 10.6. The number of aromatic carboxylic acids is 1. The molecule has 1 radical (unpaired) electrons. The number of carbonyl (C=O) groups is 2. The van der Waals surface area contributed by atoms with Gasteiger partial charge in [-0.2, -0.15) is 12.1 Å². The third-order valence-corrected chi connectivity index (χ3v) is 6.98. The van der Waals surface area contributed by atoms with Crippen molar-refractivity contribution in [2.24, 2.45) is 0 Å². The molecular weight excluding hydrogens is 515 g/mol. The Labute approximate surface area is 230 Å². The fourth-order valence-corrected chi connectivity index (χ4v) is 5.24. The maximum atomic E-state index is 12.9. The summed E-state index contributed by atoms with van der Waals surface area (Å²) in [7, 11) is 3.49. The first kappa shape index (κ1) is 25.5. The van der Waals surface area contributed by atoms with E-state index >= 15 is 0 Å². The van der Waals surface area contributed by atoms with E-state index in [1.54, 1.807) is 37.2 Å². The molecule has 177 valence electrons. The Hall–Kier alpha value is -2.57. The molecule has 2 heterocycles. The first-order valence-corrected chi connectivity index (χ1v) is 11.8. The van der Waals surface area contributed by atoms with Crippen molar-refractivity contribution >= 4 is 33.7 Å². The zero-order chi connectivity index (χ0) is 23.8. The number of nitrogens with zero attached hydrogens (tertiary/aromatic N) is 3. The van der Waals surface area contributed by atoms with Gasteiger partial charge in [-0.3, -0.25) is 4.79 Å². The van der Waals surface area contributed by atoms with E-state index in [0.717, 1.165) is 45.9 Å². The minimum atomic E-state index is -0.970. The summed E-state index contributed by atoms with van der Waals surface area (Å²) in [4.78, 5) is 30.7. The van der Waals surface area contributed by atoms with Crippen LogP contribution in [0, 0.1) is 6.20 Å². The first-order chi connectivity index (χ1) is 16.4. The van der Waals surface area contributed by atoms with E-state index in [0.29, 0.717) is 5.92 Å². The molecule has 1 fully saturated rings. The predicted octanol–water partition coefficient (Wildman–Crippen LogP) is 5.49. The molecule has 0 unspecified atom stereocenters. The number of aromatic nitrogens is 2. The minimum absolute atomic E-state index is 0. The minimum Gasteiger partial charge on any atom is -0.478 e. The molecule has 0 atom stereocenters. The van der Waals surface area contributed by atoms with Crippen molar-refractivity contribution in [1.29, 1.82) is 0 Å². The summed E-state index contributed by atoms with van der Waals surface area (Å²) in [5.41, 5.74) is 5.14. The molecule has 1 amide bonds. The number of likely N-dealkylation sites (N-methyl/N-ethyl adjacent to an activating group) is 1. The molecule has 2 aromatic carbocycles. The van der Waals surface area contributed by atoms with Crippen LogP contribution in [0.5, 0.6) is 0 Å². The molecule has 2 aromatic heterocycles. The van der Waals surface area contributed by atoms with Crippen molar-refractivity contribution in [2.75, 3.05) is 14.1 Å². The summed E-state index contributed by atoms with van der Waals surface area (Å²) in [5, 5.41) is 11.7. The number of carboxylic acids is 1. The zero-order valence-electron chi connectivity index (χ0n) is 20.1. The van der Waals surface area contributed by atoms with E-state index < -0.39 is 5.97 Å². The maximum absolute atomic E-state index is 12.9. The number of benzene rings is 2. The number of hydrogen-bond donors (Lipinski definition) is 1. The quantitative estimate of drug-likeness (QED) is 0.338. The summed E-state index contributed by atoms with van der Waals surface area (Å²) in [6, 6.07) is 15.3. The Balaban J connectivity index is 0.00000289. The number of pyridine rings is 1. The van der Waals surface area contributed by atoms with E-state index in [4.69, 9.17) is 0 Å².